The lowest BCUT2D eigenvalue weighted by Crippen LogP contribution is -2.31. The van der Waals surface area contributed by atoms with Crippen LogP contribution in [0.3, 0.4) is 0 Å². The Kier molecular flexibility index (Phi) is 4.73. The van der Waals surface area contributed by atoms with Crippen LogP contribution in [-0.4, -0.2) is 20.6 Å². The zero-order valence-electron chi connectivity index (χ0n) is 13.0. The molecule has 2 rings (SSSR count). The number of halogens is 1. The first kappa shape index (κ1) is 16.6. The van der Waals surface area contributed by atoms with E-state index in [9.17, 15) is 19.3 Å². The molecule has 2 aromatic rings. The molecular weight excluding hydrogens is 303 g/mol. The van der Waals surface area contributed by atoms with Gasteiger partial charge in [-0.2, -0.15) is 5.10 Å². The number of amides is 1. The molecule has 0 radical (unpaired) electrons. The van der Waals surface area contributed by atoms with Crippen LogP contribution < -0.4 is 5.32 Å². The van der Waals surface area contributed by atoms with Crippen molar-refractivity contribution in [2.45, 2.75) is 33.4 Å². The number of aromatic nitrogens is 2. The van der Waals surface area contributed by atoms with Gasteiger partial charge in [0.15, 0.2) is 0 Å². The average molecular weight is 320 g/mol. The summed E-state index contributed by atoms with van der Waals surface area (Å²) < 4.78 is 14.2. The van der Waals surface area contributed by atoms with E-state index in [4.69, 9.17) is 0 Å². The van der Waals surface area contributed by atoms with Crippen LogP contribution in [0.4, 0.5) is 10.1 Å². The third-order valence-electron chi connectivity index (χ3n) is 3.60. The highest BCUT2D eigenvalue weighted by atomic mass is 19.1. The molecule has 0 fully saturated rings. The Bertz CT molecular complexity index is 740. The molecule has 1 aromatic carbocycles. The summed E-state index contributed by atoms with van der Waals surface area (Å²) in [4.78, 5) is 22.7. The van der Waals surface area contributed by atoms with Crippen molar-refractivity contribution in [3.05, 3.63) is 57.1 Å². The maximum absolute atomic E-state index is 12.8. The van der Waals surface area contributed by atoms with E-state index < -0.39 is 11.0 Å². The maximum Gasteiger partial charge on any atom is 0.312 e. The number of aryl methyl sites for hydroxylation is 1. The van der Waals surface area contributed by atoms with E-state index in [0.717, 1.165) is 5.56 Å². The van der Waals surface area contributed by atoms with Crippen LogP contribution >= 0.6 is 0 Å². The van der Waals surface area contributed by atoms with Crippen LogP contribution in [0.25, 0.3) is 0 Å². The number of carbonyl (C=O) groups is 1. The molecule has 1 heterocycles. The SMILES string of the molecule is Cc1nn(C(C)C(=O)NCc2ccc(F)cc2)c(C)c1[N+](=O)[O-]. The first-order valence-electron chi connectivity index (χ1n) is 7.03. The van der Waals surface area contributed by atoms with Crippen LogP contribution in [0.5, 0.6) is 0 Å². The van der Waals surface area contributed by atoms with Gasteiger partial charge in [-0.15, -0.1) is 0 Å². The van der Waals surface area contributed by atoms with Gasteiger partial charge >= 0.3 is 5.69 Å². The van der Waals surface area contributed by atoms with Gasteiger partial charge in [0, 0.05) is 6.54 Å². The smallest absolute Gasteiger partial charge is 0.312 e. The van der Waals surface area contributed by atoms with Gasteiger partial charge in [0.1, 0.15) is 23.2 Å². The van der Waals surface area contributed by atoms with E-state index in [1.807, 2.05) is 0 Å². The minimum absolute atomic E-state index is 0.0804. The molecular formula is C15H17FN4O3. The lowest BCUT2D eigenvalue weighted by molar-refractivity contribution is -0.386. The van der Waals surface area contributed by atoms with E-state index in [2.05, 4.69) is 10.4 Å². The van der Waals surface area contributed by atoms with Crippen molar-refractivity contribution in [3.8, 4) is 0 Å². The lowest BCUT2D eigenvalue weighted by Gasteiger charge is -2.14. The molecule has 122 valence electrons. The molecule has 0 saturated carbocycles. The molecule has 1 aromatic heterocycles. The van der Waals surface area contributed by atoms with Crippen LogP contribution in [0.15, 0.2) is 24.3 Å². The zero-order chi connectivity index (χ0) is 17.1. The van der Waals surface area contributed by atoms with Crippen LogP contribution in [-0.2, 0) is 11.3 Å². The lowest BCUT2D eigenvalue weighted by atomic mass is 10.2. The molecule has 1 N–H and O–H groups in total. The van der Waals surface area contributed by atoms with Gasteiger partial charge in [-0.1, -0.05) is 12.1 Å². The summed E-state index contributed by atoms with van der Waals surface area (Å²) in [5, 5.41) is 17.8. The molecule has 1 unspecified atom stereocenters. The number of benzene rings is 1. The van der Waals surface area contributed by atoms with E-state index in [0.29, 0.717) is 5.69 Å². The summed E-state index contributed by atoms with van der Waals surface area (Å²) in [6.07, 6.45) is 0. The van der Waals surface area contributed by atoms with Crippen molar-refractivity contribution in [3.63, 3.8) is 0 Å². The number of nitro groups is 1. The Labute approximate surface area is 132 Å². The van der Waals surface area contributed by atoms with Crippen molar-refractivity contribution in [1.82, 2.24) is 15.1 Å². The highest BCUT2D eigenvalue weighted by molar-refractivity contribution is 5.80. The standard InChI is InChI=1S/C15H17FN4O3/c1-9-14(20(22)23)10(2)19(18-9)11(3)15(21)17-8-12-4-6-13(16)7-5-12/h4-7,11H,8H2,1-3H3,(H,17,21). The van der Waals surface area contributed by atoms with Gasteiger partial charge in [-0.25, -0.2) is 4.39 Å². The number of carbonyl (C=O) groups excluding carboxylic acids is 1. The highest BCUT2D eigenvalue weighted by Gasteiger charge is 2.26. The number of rotatable bonds is 5. The Balaban J connectivity index is 2.09. The molecule has 8 heteroatoms. The minimum atomic E-state index is -0.692. The molecule has 0 aliphatic carbocycles. The van der Waals surface area contributed by atoms with Crippen LogP contribution in [0.2, 0.25) is 0 Å². The second-order valence-electron chi connectivity index (χ2n) is 5.24. The van der Waals surface area contributed by atoms with Crippen molar-refractivity contribution < 1.29 is 14.1 Å². The summed E-state index contributed by atoms with van der Waals surface area (Å²) in [5.41, 5.74) is 1.28. The molecule has 7 nitrogen and oxygen atoms in total. The molecule has 0 spiro atoms. The van der Waals surface area contributed by atoms with Crippen LogP contribution in [0, 0.1) is 29.8 Å². The molecule has 0 saturated heterocycles. The summed E-state index contributed by atoms with van der Waals surface area (Å²) in [6.45, 7) is 4.95. The minimum Gasteiger partial charge on any atom is -0.350 e. The third kappa shape index (κ3) is 3.53. The number of nitrogens with one attached hydrogen (secondary N) is 1. The van der Waals surface area contributed by atoms with E-state index in [-0.39, 0.29) is 29.7 Å². The third-order valence-corrected chi connectivity index (χ3v) is 3.60. The fraction of sp³-hybridized carbons (Fsp3) is 0.333. The van der Waals surface area contributed by atoms with Crippen molar-refractivity contribution in [2.75, 3.05) is 0 Å². The Morgan fingerprint density at radius 1 is 1.39 bits per heavy atom. The zero-order valence-corrected chi connectivity index (χ0v) is 13.0. The van der Waals surface area contributed by atoms with Crippen molar-refractivity contribution in [2.24, 2.45) is 0 Å². The largest absolute Gasteiger partial charge is 0.350 e. The first-order valence-corrected chi connectivity index (χ1v) is 7.03. The van der Waals surface area contributed by atoms with E-state index in [1.54, 1.807) is 26.0 Å². The summed E-state index contributed by atoms with van der Waals surface area (Å²) in [6, 6.07) is 5.09. The average Bonchev–Trinajstić information content (AvgIpc) is 2.80. The van der Waals surface area contributed by atoms with E-state index >= 15 is 0 Å². The Hall–Kier alpha value is -2.77. The molecule has 1 atom stereocenters. The second-order valence-corrected chi connectivity index (χ2v) is 5.24. The molecule has 0 aliphatic heterocycles. The van der Waals surface area contributed by atoms with Crippen molar-refractivity contribution in [1.29, 1.82) is 0 Å². The van der Waals surface area contributed by atoms with Gasteiger partial charge in [0.25, 0.3) is 0 Å². The van der Waals surface area contributed by atoms with Gasteiger partial charge in [-0.05, 0) is 38.5 Å². The quantitative estimate of drug-likeness (QED) is 0.676. The monoisotopic (exact) mass is 320 g/mol. The number of nitrogens with zero attached hydrogens (tertiary/aromatic N) is 3. The predicted molar refractivity (Wildman–Crippen MR) is 81.3 cm³/mol. The predicted octanol–water partition coefficient (Wildman–Crippen LogP) is 2.42. The molecule has 0 bridgehead atoms. The van der Waals surface area contributed by atoms with Crippen molar-refractivity contribution >= 4 is 11.6 Å². The van der Waals surface area contributed by atoms with Gasteiger partial charge < -0.3 is 5.32 Å². The molecule has 0 aliphatic rings. The van der Waals surface area contributed by atoms with E-state index in [1.165, 1.54) is 23.7 Å². The van der Waals surface area contributed by atoms with Gasteiger partial charge in [0.05, 0.1) is 4.92 Å². The number of hydrogen-bond acceptors (Lipinski definition) is 4. The molecule has 23 heavy (non-hydrogen) atoms. The summed E-state index contributed by atoms with van der Waals surface area (Å²) in [7, 11) is 0. The van der Waals surface area contributed by atoms with Gasteiger partial charge in [0.2, 0.25) is 5.91 Å². The summed E-state index contributed by atoms with van der Waals surface area (Å²) >= 11 is 0. The Morgan fingerprint density at radius 3 is 2.52 bits per heavy atom. The molecule has 1 amide bonds. The topological polar surface area (TPSA) is 90.1 Å². The highest BCUT2D eigenvalue weighted by Crippen LogP contribution is 2.24. The fourth-order valence-electron chi connectivity index (χ4n) is 2.35. The van der Waals surface area contributed by atoms with Gasteiger partial charge in [-0.3, -0.25) is 19.6 Å². The number of hydrogen-bond donors (Lipinski definition) is 1. The fourth-order valence-corrected chi connectivity index (χ4v) is 2.35. The first-order chi connectivity index (χ1) is 10.8. The summed E-state index contributed by atoms with van der Waals surface area (Å²) in [5.74, 6) is -0.668. The second kappa shape index (κ2) is 6.55. The van der Waals surface area contributed by atoms with Crippen LogP contribution in [0.1, 0.15) is 29.9 Å². The normalized spacial score (nSPS) is 12.0. The maximum atomic E-state index is 12.8. The Morgan fingerprint density at radius 2 is 2.00 bits per heavy atom.